The van der Waals surface area contributed by atoms with Crippen LogP contribution in [0.5, 0.6) is 0 Å². The van der Waals surface area contributed by atoms with Crippen molar-refractivity contribution in [3.8, 4) is 0 Å². The molecule has 1 fully saturated rings. The largest absolute Gasteiger partial charge is 0.480 e. The number of amides is 2. The number of carboxylic acids is 1. The molecule has 0 aromatic heterocycles. The van der Waals surface area contributed by atoms with Gasteiger partial charge in [0.2, 0.25) is 0 Å². The molecule has 2 amide bonds. The van der Waals surface area contributed by atoms with E-state index in [-0.39, 0.29) is 0 Å². The molecule has 0 aromatic rings. The summed E-state index contributed by atoms with van der Waals surface area (Å²) in [5, 5.41) is 11.4. The minimum atomic E-state index is -0.987. The lowest BCUT2D eigenvalue weighted by molar-refractivity contribution is -0.140. The minimum Gasteiger partial charge on any atom is -0.480 e. The van der Waals surface area contributed by atoms with Crippen molar-refractivity contribution in [3.05, 3.63) is 0 Å². The predicted octanol–water partition coefficient (Wildman–Crippen LogP) is -0.466. The fraction of sp³-hybridized carbons (Fsp3) is 0.750. The first-order valence-electron chi connectivity index (χ1n) is 4.67. The number of aliphatic carboxylic acids is 1. The average molecular weight is 266 g/mol. The first kappa shape index (κ1) is 13.3. The van der Waals surface area contributed by atoms with Gasteiger partial charge in [-0.25, -0.2) is 9.59 Å². The van der Waals surface area contributed by atoms with Crippen LogP contribution in [0.15, 0.2) is 0 Å². The Morgan fingerprint density at radius 3 is 2.88 bits per heavy atom. The van der Waals surface area contributed by atoms with Gasteiger partial charge in [-0.05, 0) is 0 Å². The Labute approximate surface area is 100 Å². The summed E-state index contributed by atoms with van der Waals surface area (Å²) in [5.41, 5.74) is 0. The van der Waals surface area contributed by atoms with Crippen molar-refractivity contribution in [3.63, 3.8) is 0 Å². The fourth-order valence-corrected chi connectivity index (χ4v) is 2.79. The van der Waals surface area contributed by atoms with Crippen molar-refractivity contribution in [2.24, 2.45) is 0 Å². The maximum atomic E-state index is 11.6. The number of hydrogen-bond acceptors (Lipinski definition) is 4. The highest BCUT2D eigenvalue weighted by atomic mass is 32.2. The lowest BCUT2D eigenvalue weighted by atomic mass is 10.3. The number of nitrogens with zero attached hydrogens (tertiary/aromatic N) is 1. The highest BCUT2D eigenvalue weighted by molar-refractivity contribution is 7.99. The predicted molar refractivity (Wildman–Crippen MR) is 62.9 cm³/mol. The average Bonchev–Trinajstić information content (AvgIpc) is 2.65. The van der Waals surface area contributed by atoms with Crippen LogP contribution in [-0.2, 0) is 15.6 Å². The van der Waals surface area contributed by atoms with Crippen LogP contribution in [0.4, 0.5) is 4.79 Å². The monoisotopic (exact) mass is 266 g/mol. The Balaban J connectivity index is 2.41. The van der Waals surface area contributed by atoms with E-state index in [4.69, 9.17) is 5.11 Å². The summed E-state index contributed by atoms with van der Waals surface area (Å²) >= 11 is 1.41. The normalized spacial score (nSPS) is 21.8. The van der Waals surface area contributed by atoms with Gasteiger partial charge in [-0.1, -0.05) is 0 Å². The second kappa shape index (κ2) is 6.09. The van der Waals surface area contributed by atoms with E-state index in [0.717, 1.165) is 0 Å². The maximum absolute atomic E-state index is 11.6. The summed E-state index contributed by atoms with van der Waals surface area (Å²) in [6, 6.07) is -1.15. The summed E-state index contributed by atoms with van der Waals surface area (Å²) < 4.78 is 10.8. The van der Waals surface area contributed by atoms with Gasteiger partial charge in [0.15, 0.2) is 0 Å². The molecule has 1 heterocycles. The molecule has 0 aliphatic carbocycles. The SMILES string of the molecule is CS(=O)CCNC(=O)N1CSC[C@H]1C(=O)O. The summed E-state index contributed by atoms with van der Waals surface area (Å²) in [5.74, 6) is 0.199. The van der Waals surface area contributed by atoms with Crippen molar-refractivity contribution in [1.29, 1.82) is 0 Å². The van der Waals surface area contributed by atoms with E-state index >= 15 is 0 Å². The molecule has 16 heavy (non-hydrogen) atoms. The molecule has 92 valence electrons. The quantitative estimate of drug-likeness (QED) is 0.718. The molecule has 1 aliphatic heterocycles. The number of carboxylic acid groups (broad SMARTS) is 1. The van der Waals surface area contributed by atoms with E-state index in [2.05, 4.69) is 5.32 Å². The van der Waals surface area contributed by atoms with Gasteiger partial charge in [-0.15, -0.1) is 11.8 Å². The third-order valence-electron chi connectivity index (χ3n) is 2.09. The van der Waals surface area contributed by atoms with Crippen LogP contribution in [0.25, 0.3) is 0 Å². The van der Waals surface area contributed by atoms with Crippen molar-refractivity contribution in [2.45, 2.75) is 6.04 Å². The second-order valence-corrected chi connectivity index (χ2v) is 5.89. The maximum Gasteiger partial charge on any atom is 0.327 e. The first-order valence-corrected chi connectivity index (χ1v) is 7.55. The molecule has 0 aromatic carbocycles. The van der Waals surface area contributed by atoms with Crippen LogP contribution in [0.3, 0.4) is 0 Å². The molecule has 6 nitrogen and oxygen atoms in total. The number of hydrogen-bond donors (Lipinski definition) is 2. The van der Waals surface area contributed by atoms with Gasteiger partial charge in [0.1, 0.15) is 6.04 Å². The number of carbonyl (C=O) groups excluding carboxylic acids is 1. The van der Waals surface area contributed by atoms with E-state index < -0.39 is 28.8 Å². The first-order chi connectivity index (χ1) is 7.52. The Hall–Kier alpha value is -0.760. The zero-order valence-corrected chi connectivity index (χ0v) is 10.5. The van der Waals surface area contributed by atoms with Crippen LogP contribution in [-0.4, -0.2) is 62.4 Å². The van der Waals surface area contributed by atoms with Gasteiger partial charge >= 0.3 is 12.0 Å². The Morgan fingerprint density at radius 1 is 1.62 bits per heavy atom. The highest BCUT2D eigenvalue weighted by Gasteiger charge is 2.34. The molecule has 0 radical (unpaired) electrons. The lowest BCUT2D eigenvalue weighted by Gasteiger charge is -2.20. The third-order valence-corrected chi connectivity index (χ3v) is 3.89. The van der Waals surface area contributed by atoms with E-state index in [1.165, 1.54) is 16.7 Å². The zero-order valence-electron chi connectivity index (χ0n) is 8.84. The molecule has 8 heteroatoms. The molecular formula is C8H14N2O4S2. The summed E-state index contributed by atoms with van der Waals surface area (Å²) in [6.07, 6.45) is 1.55. The van der Waals surface area contributed by atoms with E-state index in [1.54, 1.807) is 6.26 Å². The fourth-order valence-electron chi connectivity index (χ4n) is 1.25. The molecule has 2 atom stereocenters. The van der Waals surface area contributed by atoms with E-state index in [9.17, 15) is 13.8 Å². The molecule has 0 spiro atoms. The van der Waals surface area contributed by atoms with Crippen LogP contribution in [0.2, 0.25) is 0 Å². The molecule has 1 unspecified atom stereocenters. The molecule has 1 aliphatic rings. The van der Waals surface area contributed by atoms with Gasteiger partial charge in [0, 0.05) is 35.1 Å². The highest BCUT2D eigenvalue weighted by Crippen LogP contribution is 2.20. The molecular weight excluding hydrogens is 252 g/mol. The summed E-state index contributed by atoms with van der Waals surface area (Å²) in [7, 11) is -0.956. The Kier molecular flexibility index (Phi) is 5.07. The molecule has 1 rings (SSSR count). The van der Waals surface area contributed by atoms with Crippen LogP contribution >= 0.6 is 11.8 Å². The lowest BCUT2D eigenvalue weighted by Crippen LogP contribution is -2.47. The number of nitrogens with one attached hydrogen (secondary N) is 1. The van der Waals surface area contributed by atoms with Crippen molar-refractivity contribution in [2.75, 3.05) is 30.2 Å². The number of carbonyl (C=O) groups is 2. The van der Waals surface area contributed by atoms with E-state index in [0.29, 0.717) is 23.9 Å². The Morgan fingerprint density at radius 2 is 2.31 bits per heavy atom. The van der Waals surface area contributed by atoms with Crippen LogP contribution in [0, 0.1) is 0 Å². The summed E-state index contributed by atoms with van der Waals surface area (Å²) in [6.45, 7) is 0.301. The molecule has 0 saturated carbocycles. The summed E-state index contributed by atoms with van der Waals surface area (Å²) in [4.78, 5) is 23.7. The molecule has 2 N–H and O–H groups in total. The van der Waals surface area contributed by atoms with Gasteiger partial charge in [-0.2, -0.15) is 0 Å². The number of rotatable bonds is 4. The Bertz CT molecular complexity index is 310. The molecule has 1 saturated heterocycles. The minimum absolute atomic E-state index is 0.301. The number of urea groups is 1. The van der Waals surface area contributed by atoms with Gasteiger partial charge in [0.05, 0.1) is 5.88 Å². The zero-order chi connectivity index (χ0) is 12.1. The topological polar surface area (TPSA) is 86.7 Å². The number of thioether (sulfide) groups is 1. The van der Waals surface area contributed by atoms with Gasteiger partial charge in [0.25, 0.3) is 0 Å². The van der Waals surface area contributed by atoms with Gasteiger partial charge in [-0.3, -0.25) is 4.21 Å². The molecule has 0 bridgehead atoms. The second-order valence-electron chi connectivity index (χ2n) is 3.33. The van der Waals surface area contributed by atoms with E-state index in [1.807, 2.05) is 0 Å². The van der Waals surface area contributed by atoms with Crippen LogP contribution in [0.1, 0.15) is 0 Å². The van der Waals surface area contributed by atoms with Crippen molar-refractivity contribution >= 4 is 34.6 Å². The standard InChI is InChI=1S/C8H14N2O4S2/c1-16(14)3-2-9-8(13)10-5-15-4-6(10)7(11)12/h6H,2-5H2,1H3,(H,9,13)(H,11,12)/t6-,16?/m0/s1. The third kappa shape index (κ3) is 3.67. The van der Waals surface area contributed by atoms with Crippen molar-refractivity contribution < 1.29 is 18.9 Å². The van der Waals surface area contributed by atoms with Crippen molar-refractivity contribution in [1.82, 2.24) is 10.2 Å². The van der Waals surface area contributed by atoms with Gasteiger partial charge < -0.3 is 15.3 Å². The van der Waals surface area contributed by atoms with Crippen LogP contribution < -0.4 is 5.32 Å². The smallest absolute Gasteiger partial charge is 0.327 e.